The summed E-state index contributed by atoms with van der Waals surface area (Å²) in [7, 11) is 3.24. The minimum atomic E-state index is -0.545. The number of aryl methyl sites for hydroxylation is 1. The first-order valence-corrected chi connectivity index (χ1v) is 14.6. The van der Waals surface area contributed by atoms with E-state index in [1.165, 1.54) is 7.11 Å². The largest absolute Gasteiger partial charge is 0.493 e. The minimum Gasteiger partial charge on any atom is -0.493 e. The molecule has 3 heterocycles. The number of thiazole rings is 1. The summed E-state index contributed by atoms with van der Waals surface area (Å²) in [6.07, 6.45) is 0.682. The van der Waals surface area contributed by atoms with Gasteiger partial charge in [0.25, 0.3) is 5.91 Å². The van der Waals surface area contributed by atoms with Gasteiger partial charge >= 0.3 is 5.97 Å². The van der Waals surface area contributed by atoms with Gasteiger partial charge in [0.1, 0.15) is 22.1 Å². The summed E-state index contributed by atoms with van der Waals surface area (Å²) in [4.78, 5) is 44.5. The van der Waals surface area contributed by atoms with E-state index < -0.39 is 11.9 Å². The number of esters is 1. The van der Waals surface area contributed by atoms with E-state index in [1.54, 1.807) is 68.3 Å². The van der Waals surface area contributed by atoms with Gasteiger partial charge in [-0.1, -0.05) is 11.3 Å². The number of nitrogens with one attached hydrogen (secondary N) is 1. The van der Waals surface area contributed by atoms with E-state index in [9.17, 15) is 14.4 Å². The zero-order valence-electron chi connectivity index (χ0n) is 24.6. The van der Waals surface area contributed by atoms with E-state index in [2.05, 4.69) is 20.5 Å². The van der Waals surface area contributed by atoms with Crippen molar-refractivity contribution in [2.45, 2.75) is 26.9 Å². The van der Waals surface area contributed by atoms with E-state index in [4.69, 9.17) is 23.4 Å². The quantitative estimate of drug-likeness (QED) is 0.218. The molecule has 1 fully saturated rings. The lowest BCUT2D eigenvalue weighted by Gasteiger charge is -2.14. The molecule has 1 saturated heterocycles. The number of hydrogen-bond donors (Lipinski definition) is 1. The van der Waals surface area contributed by atoms with E-state index in [0.29, 0.717) is 47.7 Å². The molecule has 14 heteroatoms. The van der Waals surface area contributed by atoms with E-state index in [0.717, 1.165) is 16.9 Å². The lowest BCUT2D eigenvalue weighted by atomic mass is 10.1. The van der Waals surface area contributed by atoms with Crippen LogP contribution in [0.3, 0.4) is 0 Å². The smallest absolute Gasteiger partial charge is 0.350 e. The predicted molar refractivity (Wildman–Crippen MR) is 159 cm³/mol. The highest BCUT2D eigenvalue weighted by atomic mass is 32.1. The van der Waals surface area contributed by atoms with Crippen molar-refractivity contribution in [1.82, 2.24) is 20.1 Å². The molecule has 13 nitrogen and oxygen atoms in total. The van der Waals surface area contributed by atoms with Crippen molar-refractivity contribution in [2.75, 3.05) is 39.2 Å². The van der Waals surface area contributed by atoms with Gasteiger partial charge in [-0.05, 0) is 49.7 Å². The fourth-order valence-electron chi connectivity index (χ4n) is 4.47. The number of hydrogen-bond acceptors (Lipinski definition) is 12. The van der Waals surface area contributed by atoms with Gasteiger partial charge in [-0.2, -0.15) is 0 Å². The number of likely N-dealkylation sites (tertiary alicyclic amines) is 1. The minimum absolute atomic E-state index is 0.0138. The van der Waals surface area contributed by atoms with Crippen molar-refractivity contribution in [3.05, 3.63) is 64.5 Å². The summed E-state index contributed by atoms with van der Waals surface area (Å²) in [5, 5.41) is 10.8. The standard InChI is InChI=1S/C30H31N5O8S/c1-5-40-29(38)25-24(16-39-4)31-30(44-25)32-26(36)20-12-22(41-15-19-10-11-35(3)28(19)37)14-23(13-20)43-21-8-6-18(7-9-21)27-34-33-17(2)42-27/h6-9,12-14,19H,5,10-11,15-16H2,1-4H3,(H,31,32,36). The number of rotatable bonds is 12. The number of ether oxygens (including phenoxy) is 4. The number of nitrogens with zero attached hydrogens (tertiary/aromatic N) is 4. The Labute approximate surface area is 257 Å². The van der Waals surface area contributed by atoms with Crippen molar-refractivity contribution in [3.8, 4) is 28.7 Å². The molecule has 0 spiro atoms. The molecule has 0 aliphatic carbocycles. The van der Waals surface area contributed by atoms with Crippen LogP contribution in [0.4, 0.5) is 5.13 Å². The number of anilines is 1. The molecular formula is C30H31N5O8S. The molecular weight excluding hydrogens is 590 g/mol. The SMILES string of the molecule is CCOC(=O)c1sc(NC(=O)c2cc(OCC3CCN(C)C3=O)cc(Oc3ccc(-c4nnc(C)o4)cc3)c2)nc1COC. The molecule has 2 amide bonds. The van der Waals surface area contributed by atoms with E-state index >= 15 is 0 Å². The Morgan fingerprint density at radius 2 is 1.89 bits per heavy atom. The normalized spacial score (nSPS) is 14.5. The van der Waals surface area contributed by atoms with Gasteiger partial charge in [0, 0.05) is 44.8 Å². The van der Waals surface area contributed by atoms with Crippen LogP contribution in [0.2, 0.25) is 0 Å². The maximum Gasteiger partial charge on any atom is 0.350 e. The Bertz CT molecular complexity index is 1650. The molecule has 1 atom stereocenters. The molecule has 2 aromatic carbocycles. The molecule has 4 aromatic rings. The van der Waals surface area contributed by atoms with Crippen LogP contribution in [0.5, 0.6) is 17.2 Å². The Morgan fingerprint density at radius 3 is 2.55 bits per heavy atom. The van der Waals surface area contributed by atoms with Crippen molar-refractivity contribution < 1.29 is 37.7 Å². The highest BCUT2D eigenvalue weighted by Gasteiger charge is 2.29. The van der Waals surface area contributed by atoms with Crippen LogP contribution < -0.4 is 14.8 Å². The van der Waals surface area contributed by atoms with Crippen LogP contribution in [0, 0.1) is 12.8 Å². The van der Waals surface area contributed by atoms with Gasteiger partial charge in [-0.15, -0.1) is 10.2 Å². The molecule has 44 heavy (non-hydrogen) atoms. The molecule has 0 saturated carbocycles. The second kappa shape index (κ2) is 13.7. The monoisotopic (exact) mass is 621 g/mol. The highest BCUT2D eigenvalue weighted by molar-refractivity contribution is 7.17. The summed E-state index contributed by atoms with van der Waals surface area (Å²) in [5.74, 6) is 0.692. The molecule has 230 valence electrons. The van der Waals surface area contributed by atoms with Gasteiger partial charge in [0.05, 0.1) is 31.4 Å². The van der Waals surface area contributed by atoms with Crippen LogP contribution in [-0.4, -0.2) is 71.8 Å². The predicted octanol–water partition coefficient (Wildman–Crippen LogP) is 4.73. The fourth-order valence-corrected chi connectivity index (χ4v) is 5.33. The van der Waals surface area contributed by atoms with Crippen LogP contribution in [0.15, 0.2) is 46.9 Å². The lowest BCUT2D eigenvalue weighted by Crippen LogP contribution is -2.25. The molecule has 1 unspecified atom stereocenters. The van der Waals surface area contributed by atoms with Gasteiger partial charge in [0.2, 0.25) is 17.7 Å². The van der Waals surface area contributed by atoms with Crippen molar-refractivity contribution in [2.24, 2.45) is 5.92 Å². The fraction of sp³-hybridized carbons (Fsp3) is 0.333. The molecule has 1 N–H and O–H groups in total. The van der Waals surface area contributed by atoms with Crippen molar-refractivity contribution in [1.29, 1.82) is 0 Å². The summed E-state index contributed by atoms with van der Waals surface area (Å²) in [6.45, 7) is 4.50. The summed E-state index contributed by atoms with van der Waals surface area (Å²) >= 11 is 0.991. The molecule has 0 radical (unpaired) electrons. The maximum atomic E-state index is 13.4. The third-order valence-electron chi connectivity index (χ3n) is 6.65. The topological polar surface area (TPSA) is 155 Å². The first-order valence-electron chi connectivity index (χ1n) is 13.8. The van der Waals surface area contributed by atoms with Crippen LogP contribution in [-0.2, 0) is 20.9 Å². The average Bonchev–Trinajstić information content (AvgIpc) is 3.71. The summed E-state index contributed by atoms with van der Waals surface area (Å²) in [5.41, 5.74) is 1.30. The number of carbonyl (C=O) groups excluding carboxylic acids is 3. The summed E-state index contributed by atoms with van der Waals surface area (Å²) in [6, 6.07) is 11.8. The Hall–Kier alpha value is -4.82. The number of amides is 2. The molecule has 5 rings (SSSR count). The van der Waals surface area contributed by atoms with Gasteiger partial charge in [-0.3, -0.25) is 14.9 Å². The third-order valence-corrected chi connectivity index (χ3v) is 7.65. The van der Waals surface area contributed by atoms with Gasteiger partial charge in [0.15, 0.2) is 5.13 Å². The maximum absolute atomic E-state index is 13.4. The molecule has 1 aliphatic rings. The first kappa shape index (κ1) is 30.6. The van der Waals surface area contributed by atoms with Crippen LogP contribution in [0.25, 0.3) is 11.5 Å². The lowest BCUT2D eigenvalue weighted by molar-refractivity contribution is -0.130. The Morgan fingerprint density at radius 1 is 1.11 bits per heavy atom. The first-order chi connectivity index (χ1) is 21.2. The van der Waals surface area contributed by atoms with Crippen molar-refractivity contribution >= 4 is 34.3 Å². The number of benzene rings is 2. The van der Waals surface area contributed by atoms with E-state index in [-0.39, 0.29) is 47.2 Å². The number of methoxy groups -OCH3 is 1. The Kier molecular flexibility index (Phi) is 9.50. The van der Waals surface area contributed by atoms with Crippen LogP contribution in [0.1, 0.15) is 45.0 Å². The van der Waals surface area contributed by atoms with Crippen molar-refractivity contribution in [3.63, 3.8) is 0 Å². The zero-order chi connectivity index (χ0) is 31.2. The van der Waals surface area contributed by atoms with Crippen LogP contribution >= 0.6 is 11.3 Å². The van der Waals surface area contributed by atoms with E-state index in [1.807, 2.05) is 0 Å². The highest BCUT2D eigenvalue weighted by Crippen LogP contribution is 2.31. The Balaban J connectivity index is 1.38. The van der Waals surface area contributed by atoms with Gasteiger partial charge in [-0.25, -0.2) is 9.78 Å². The summed E-state index contributed by atoms with van der Waals surface area (Å²) < 4.78 is 27.8. The average molecular weight is 622 g/mol. The van der Waals surface area contributed by atoms with Gasteiger partial charge < -0.3 is 28.3 Å². The number of carbonyl (C=O) groups is 3. The molecule has 2 aromatic heterocycles. The second-order valence-electron chi connectivity index (χ2n) is 9.90. The molecule has 1 aliphatic heterocycles. The zero-order valence-corrected chi connectivity index (χ0v) is 25.4. The second-order valence-corrected chi connectivity index (χ2v) is 10.9. The number of aromatic nitrogens is 3. The third kappa shape index (κ3) is 7.21. The molecule has 0 bridgehead atoms.